The second-order valence-corrected chi connectivity index (χ2v) is 4.35. The Labute approximate surface area is 116 Å². The predicted octanol–water partition coefficient (Wildman–Crippen LogP) is 3.04. The number of aliphatic imine (C=N–C) groups is 1. The van der Waals surface area contributed by atoms with Crippen molar-refractivity contribution in [1.29, 1.82) is 0 Å². The van der Waals surface area contributed by atoms with Crippen LogP contribution in [0.3, 0.4) is 0 Å². The Morgan fingerprint density at radius 1 is 1.10 bits per heavy atom. The van der Waals surface area contributed by atoms with E-state index in [9.17, 15) is 0 Å². The summed E-state index contributed by atoms with van der Waals surface area (Å²) < 4.78 is 6.86. The van der Waals surface area contributed by atoms with Crippen LogP contribution in [0.4, 0.5) is 5.69 Å². The van der Waals surface area contributed by atoms with Gasteiger partial charge in [-0.1, -0.05) is 17.3 Å². The molecule has 1 heterocycles. The molecule has 0 amide bonds. The van der Waals surface area contributed by atoms with Gasteiger partial charge in [0.15, 0.2) is 0 Å². The van der Waals surface area contributed by atoms with Gasteiger partial charge in [-0.25, -0.2) is 4.99 Å². The van der Waals surface area contributed by atoms with Crippen LogP contribution in [-0.2, 0) is 0 Å². The maximum Gasteiger partial charge on any atom is 0.129 e. The van der Waals surface area contributed by atoms with E-state index in [-0.39, 0.29) is 0 Å². The first kappa shape index (κ1) is 12.3. The van der Waals surface area contributed by atoms with Gasteiger partial charge in [-0.2, -0.15) is 4.68 Å². The molecular formula is C15H14N4O. The van der Waals surface area contributed by atoms with Gasteiger partial charge in [-0.05, 0) is 43.3 Å². The van der Waals surface area contributed by atoms with Crippen molar-refractivity contribution in [3.8, 4) is 5.75 Å². The highest BCUT2D eigenvalue weighted by Crippen LogP contribution is 2.18. The van der Waals surface area contributed by atoms with Crippen molar-refractivity contribution in [3.05, 3.63) is 48.5 Å². The Balaban J connectivity index is 1.98. The van der Waals surface area contributed by atoms with E-state index in [1.807, 2.05) is 55.5 Å². The first-order chi connectivity index (χ1) is 9.78. The molecule has 0 N–H and O–H groups in total. The van der Waals surface area contributed by atoms with Crippen LogP contribution >= 0.6 is 0 Å². The Morgan fingerprint density at radius 2 is 1.85 bits per heavy atom. The summed E-state index contributed by atoms with van der Waals surface area (Å²) in [5.41, 5.74) is 2.65. The van der Waals surface area contributed by atoms with Crippen LogP contribution < -0.4 is 4.74 Å². The first-order valence-corrected chi connectivity index (χ1v) is 6.28. The molecule has 2 aromatic carbocycles. The lowest BCUT2D eigenvalue weighted by atomic mass is 10.3. The molecule has 0 saturated carbocycles. The van der Waals surface area contributed by atoms with E-state index in [2.05, 4.69) is 15.3 Å². The van der Waals surface area contributed by atoms with Gasteiger partial charge in [0.25, 0.3) is 0 Å². The molecular weight excluding hydrogens is 252 g/mol. The Hall–Kier alpha value is -2.69. The van der Waals surface area contributed by atoms with Crippen molar-refractivity contribution in [2.75, 3.05) is 7.11 Å². The number of methoxy groups -OCH3 is 1. The van der Waals surface area contributed by atoms with E-state index >= 15 is 0 Å². The maximum atomic E-state index is 5.13. The minimum absolute atomic E-state index is 0.767. The third-order valence-electron chi connectivity index (χ3n) is 3.02. The monoisotopic (exact) mass is 266 g/mol. The van der Waals surface area contributed by atoms with E-state index in [1.165, 1.54) is 0 Å². The number of rotatable bonds is 2. The number of fused-ring (bicyclic) bond motifs is 1. The fourth-order valence-electron chi connectivity index (χ4n) is 2.00. The number of ether oxygens (including phenoxy) is 1. The van der Waals surface area contributed by atoms with E-state index in [4.69, 9.17) is 4.74 Å². The Kier molecular flexibility index (Phi) is 3.16. The van der Waals surface area contributed by atoms with Crippen molar-refractivity contribution in [1.82, 2.24) is 15.0 Å². The summed E-state index contributed by atoms with van der Waals surface area (Å²) in [5.74, 6) is 1.58. The molecule has 0 spiro atoms. The zero-order valence-electron chi connectivity index (χ0n) is 11.3. The summed E-state index contributed by atoms with van der Waals surface area (Å²) >= 11 is 0. The number of benzene rings is 2. The van der Waals surface area contributed by atoms with E-state index < -0.39 is 0 Å². The fourth-order valence-corrected chi connectivity index (χ4v) is 2.00. The van der Waals surface area contributed by atoms with E-state index in [0.717, 1.165) is 28.3 Å². The van der Waals surface area contributed by atoms with Crippen molar-refractivity contribution < 1.29 is 4.74 Å². The third kappa shape index (κ3) is 2.25. The summed E-state index contributed by atoms with van der Waals surface area (Å²) in [6.45, 7) is 1.91. The van der Waals surface area contributed by atoms with Crippen LogP contribution in [0.2, 0.25) is 0 Å². The summed E-state index contributed by atoms with van der Waals surface area (Å²) in [4.78, 5) is 4.55. The lowest BCUT2D eigenvalue weighted by Gasteiger charge is -2.02. The lowest BCUT2D eigenvalue weighted by molar-refractivity contribution is 0.415. The molecule has 5 heteroatoms. The van der Waals surface area contributed by atoms with Gasteiger partial charge >= 0.3 is 0 Å². The Bertz CT molecular complexity index is 759. The van der Waals surface area contributed by atoms with Crippen LogP contribution in [0, 0.1) is 0 Å². The molecule has 0 fully saturated rings. The number of para-hydroxylation sites is 1. The highest BCUT2D eigenvalue weighted by atomic mass is 16.5. The molecule has 0 aliphatic rings. The zero-order chi connectivity index (χ0) is 13.9. The van der Waals surface area contributed by atoms with Gasteiger partial charge in [-0.3, -0.25) is 0 Å². The number of hydrogen-bond donors (Lipinski definition) is 0. The highest BCUT2D eigenvalue weighted by Gasteiger charge is 2.05. The summed E-state index contributed by atoms with van der Waals surface area (Å²) in [5, 5.41) is 8.26. The van der Waals surface area contributed by atoms with Crippen molar-refractivity contribution in [2.24, 2.45) is 4.99 Å². The van der Waals surface area contributed by atoms with Crippen LogP contribution in [0.5, 0.6) is 5.75 Å². The summed E-state index contributed by atoms with van der Waals surface area (Å²) in [6.07, 6.45) is 0. The number of aromatic nitrogens is 3. The van der Waals surface area contributed by atoms with Gasteiger partial charge in [0, 0.05) is 0 Å². The Morgan fingerprint density at radius 3 is 2.60 bits per heavy atom. The van der Waals surface area contributed by atoms with Crippen molar-refractivity contribution in [3.63, 3.8) is 0 Å². The summed E-state index contributed by atoms with van der Waals surface area (Å²) in [7, 11) is 1.64. The van der Waals surface area contributed by atoms with Crippen LogP contribution in [0.25, 0.3) is 11.0 Å². The topological polar surface area (TPSA) is 52.3 Å². The number of nitrogens with zero attached hydrogens (tertiary/aromatic N) is 4. The van der Waals surface area contributed by atoms with Crippen LogP contribution in [0.1, 0.15) is 6.92 Å². The smallest absolute Gasteiger partial charge is 0.129 e. The van der Waals surface area contributed by atoms with Gasteiger partial charge < -0.3 is 4.74 Å². The minimum Gasteiger partial charge on any atom is -0.497 e. The minimum atomic E-state index is 0.767. The predicted molar refractivity (Wildman–Crippen MR) is 78.7 cm³/mol. The van der Waals surface area contributed by atoms with Gasteiger partial charge in [0.1, 0.15) is 17.1 Å². The van der Waals surface area contributed by atoms with Crippen LogP contribution in [-0.4, -0.2) is 27.9 Å². The normalized spacial score (nSPS) is 11.8. The molecule has 20 heavy (non-hydrogen) atoms. The summed E-state index contributed by atoms with van der Waals surface area (Å²) in [6, 6.07) is 15.4. The second kappa shape index (κ2) is 5.13. The zero-order valence-corrected chi connectivity index (χ0v) is 11.3. The number of hydrogen-bond acceptors (Lipinski definition) is 4. The largest absolute Gasteiger partial charge is 0.497 e. The fraction of sp³-hybridized carbons (Fsp3) is 0.133. The molecule has 0 radical (unpaired) electrons. The average molecular weight is 266 g/mol. The second-order valence-electron chi connectivity index (χ2n) is 4.35. The standard InChI is InChI=1S/C15H14N4O/c1-11(16-12-7-9-13(20-2)10-8-12)19-15-6-4-3-5-14(15)17-18-19/h3-10H,1-2H3. The van der Waals surface area contributed by atoms with E-state index in [0.29, 0.717) is 0 Å². The lowest BCUT2D eigenvalue weighted by Crippen LogP contribution is -2.08. The molecule has 0 bridgehead atoms. The molecule has 0 aliphatic carbocycles. The van der Waals surface area contributed by atoms with Crippen LogP contribution in [0.15, 0.2) is 53.5 Å². The molecule has 3 rings (SSSR count). The molecule has 5 nitrogen and oxygen atoms in total. The first-order valence-electron chi connectivity index (χ1n) is 6.28. The quantitative estimate of drug-likeness (QED) is 0.529. The molecule has 100 valence electrons. The van der Waals surface area contributed by atoms with Crippen molar-refractivity contribution in [2.45, 2.75) is 6.92 Å². The average Bonchev–Trinajstić information content (AvgIpc) is 2.92. The van der Waals surface area contributed by atoms with Gasteiger partial charge in [-0.15, -0.1) is 5.10 Å². The van der Waals surface area contributed by atoms with Gasteiger partial charge in [0.2, 0.25) is 0 Å². The molecule has 0 aliphatic heterocycles. The molecule has 1 aromatic heterocycles. The third-order valence-corrected chi connectivity index (χ3v) is 3.02. The van der Waals surface area contributed by atoms with Gasteiger partial charge in [0.05, 0.1) is 18.3 Å². The van der Waals surface area contributed by atoms with E-state index in [1.54, 1.807) is 11.8 Å². The SMILES string of the molecule is COc1ccc(N=C(C)n2nnc3ccccc32)cc1. The highest BCUT2D eigenvalue weighted by molar-refractivity contribution is 5.91. The maximum absolute atomic E-state index is 5.13. The van der Waals surface area contributed by atoms with Crippen molar-refractivity contribution >= 4 is 22.6 Å². The molecule has 3 aromatic rings. The molecule has 0 unspecified atom stereocenters. The molecule has 0 saturated heterocycles. The molecule has 0 atom stereocenters.